The first-order valence-electron chi connectivity index (χ1n) is 7.54. The van der Waals surface area contributed by atoms with Crippen molar-refractivity contribution in [1.82, 2.24) is 5.32 Å². The molecule has 0 spiro atoms. The molecule has 5 heteroatoms. The van der Waals surface area contributed by atoms with Crippen molar-refractivity contribution in [3.05, 3.63) is 10.9 Å². The fraction of sp³-hybridized carbons (Fsp3) is 0.667. The van der Waals surface area contributed by atoms with Gasteiger partial charge in [-0.1, -0.05) is 13.8 Å². The van der Waals surface area contributed by atoms with E-state index in [9.17, 15) is 4.79 Å². The van der Waals surface area contributed by atoms with E-state index >= 15 is 0 Å². The van der Waals surface area contributed by atoms with Gasteiger partial charge in [-0.3, -0.25) is 4.79 Å². The summed E-state index contributed by atoms with van der Waals surface area (Å²) in [7, 11) is 0. The summed E-state index contributed by atoms with van der Waals surface area (Å²) in [6.07, 6.45) is 4.67. The van der Waals surface area contributed by atoms with Gasteiger partial charge in [-0.25, -0.2) is 0 Å². The van der Waals surface area contributed by atoms with Gasteiger partial charge in [0.05, 0.1) is 10.7 Å². The Kier molecular flexibility index (Phi) is 5.29. The number of carbonyl (C=O) groups is 1. The second-order valence-electron chi connectivity index (χ2n) is 5.65. The zero-order valence-electron chi connectivity index (χ0n) is 12.4. The van der Waals surface area contributed by atoms with Crippen molar-refractivity contribution in [2.24, 2.45) is 5.92 Å². The molecular weight excluding hydrogens is 270 g/mol. The number of hydrogen-bond donors (Lipinski definition) is 2. The van der Waals surface area contributed by atoms with Gasteiger partial charge >= 0.3 is 0 Å². The molecule has 0 radical (unpaired) electrons. The maximum absolute atomic E-state index is 12.0. The molecule has 0 bridgehead atoms. The summed E-state index contributed by atoms with van der Waals surface area (Å²) in [5.41, 5.74) is 6.62. The standard InChI is InChI=1S/C15H25N3OS/c1-3-7-17-15(19)14-12(16)10-13(20-14)18-8-4-5-11(2)6-9-18/h10-11H,3-9,16H2,1-2H3,(H,17,19). The first-order chi connectivity index (χ1) is 9.61. The molecule has 1 fully saturated rings. The normalized spacial score (nSPS) is 19.7. The van der Waals surface area contributed by atoms with Crippen molar-refractivity contribution >= 4 is 27.9 Å². The fourth-order valence-electron chi connectivity index (χ4n) is 2.53. The summed E-state index contributed by atoms with van der Waals surface area (Å²) in [6, 6.07) is 1.96. The highest BCUT2D eigenvalue weighted by atomic mass is 32.1. The first kappa shape index (κ1) is 15.2. The van der Waals surface area contributed by atoms with Crippen molar-refractivity contribution in [3.63, 3.8) is 0 Å². The van der Waals surface area contributed by atoms with Gasteiger partial charge in [0.15, 0.2) is 0 Å². The van der Waals surface area contributed by atoms with E-state index in [0.29, 0.717) is 17.1 Å². The van der Waals surface area contributed by atoms with Crippen LogP contribution in [0.3, 0.4) is 0 Å². The van der Waals surface area contributed by atoms with Crippen LogP contribution in [0.1, 0.15) is 49.2 Å². The molecule has 1 unspecified atom stereocenters. The van der Waals surface area contributed by atoms with Crippen LogP contribution in [0.15, 0.2) is 6.07 Å². The number of nitrogen functional groups attached to an aromatic ring is 1. The zero-order chi connectivity index (χ0) is 14.5. The molecule has 1 aromatic heterocycles. The van der Waals surface area contributed by atoms with E-state index in [2.05, 4.69) is 17.1 Å². The molecule has 20 heavy (non-hydrogen) atoms. The molecule has 112 valence electrons. The van der Waals surface area contributed by atoms with Gasteiger partial charge in [0.1, 0.15) is 4.88 Å². The van der Waals surface area contributed by atoms with Gasteiger partial charge in [-0.15, -0.1) is 11.3 Å². The minimum absolute atomic E-state index is 0.0382. The Morgan fingerprint density at radius 2 is 2.30 bits per heavy atom. The largest absolute Gasteiger partial charge is 0.397 e. The van der Waals surface area contributed by atoms with E-state index in [1.807, 2.05) is 13.0 Å². The number of thiophene rings is 1. The Morgan fingerprint density at radius 3 is 3.05 bits per heavy atom. The third kappa shape index (κ3) is 3.66. The number of nitrogens with one attached hydrogen (secondary N) is 1. The van der Waals surface area contributed by atoms with Crippen molar-refractivity contribution in [1.29, 1.82) is 0 Å². The van der Waals surface area contributed by atoms with Gasteiger partial charge in [0, 0.05) is 19.6 Å². The van der Waals surface area contributed by atoms with Crippen LogP contribution in [0.25, 0.3) is 0 Å². The number of anilines is 2. The second kappa shape index (κ2) is 6.97. The highest BCUT2D eigenvalue weighted by Gasteiger charge is 2.19. The van der Waals surface area contributed by atoms with Gasteiger partial charge in [0.25, 0.3) is 5.91 Å². The third-order valence-electron chi connectivity index (χ3n) is 3.82. The summed E-state index contributed by atoms with van der Waals surface area (Å²) in [6.45, 7) is 7.20. The molecule has 0 saturated carbocycles. The maximum atomic E-state index is 12.0. The SMILES string of the molecule is CCCNC(=O)c1sc(N2CCCC(C)CC2)cc1N. The average molecular weight is 295 g/mol. The maximum Gasteiger partial charge on any atom is 0.263 e. The molecule has 0 aliphatic carbocycles. The molecule has 1 atom stereocenters. The summed E-state index contributed by atoms with van der Waals surface area (Å²) in [4.78, 5) is 15.1. The van der Waals surface area contributed by atoms with E-state index in [0.717, 1.165) is 30.4 Å². The van der Waals surface area contributed by atoms with Gasteiger partial charge in [-0.2, -0.15) is 0 Å². The Hall–Kier alpha value is -1.23. The van der Waals surface area contributed by atoms with Crippen LogP contribution in [0.2, 0.25) is 0 Å². The van der Waals surface area contributed by atoms with E-state index in [1.54, 1.807) is 0 Å². The lowest BCUT2D eigenvalue weighted by Gasteiger charge is -2.20. The van der Waals surface area contributed by atoms with E-state index in [-0.39, 0.29) is 5.91 Å². The molecule has 1 aromatic rings. The minimum atomic E-state index is -0.0382. The molecule has 4 nitrogen and oxygen atoms in total. The van der Waals surface area contributed by atoms with Crippen LogP contribution in [0, 0.1) is 5.92 Å². The van der Waals surface area contributed by atoms with Crippen LogP contribution < -0.4 is 16.0 Å². The number of nitrogens with two attached hydrogens (primary N) is 1. The predicted octanol–water partition coefficient (Wildman–Crippen LogP) is 3.10. The highest BCUT2D eigenvalue weighted by molar-refractivity contribution is 7.18. The smallest absolute Gasteiger partial charge is 0.263 e. The molecule has 2 heterocycles. The summed E-state index contributed by atoms with van der Waals surface area (Å²) < 4.78 is 0. The summed E-state index contributed by atoms with van der Waals surface area (Å²) >= 11 is 1.52. The summed E-state index contributed by atoms with van der Waals surface area (Å²) in [5, 5.41) is 4.04. The van der Waals surface area contributed by atoms with Crippen LogP contribution in [0.5, 0.6) is 0 Å². The predicted molar refractivity (Wildman–Crippen MR) is 86.6 cm³/mol. The lowest BCUT2D eigenvalue weighted by Crippen LogP contribution is -2.24. The fourth-order valence-corrected chi connectivity index (χ4v) is 3.58. The number of hydrogen-bond acceptors (Lipinski definition) is 4. The molecule has 3 N–H and O–H groups in total. The topological polar surface area (TPSA) is 58.4 Å². The van der Waals surface area contributed by atoms with Crippen molar-refractivity contribution in [3.8, 4) is 0 Å². The van der Waals surface area contributed by atoms with Gasteiger partial charge in [-0.05, 0) is 37.7 Å². The first-order valence-corrected chi connectivity index (χ1v) is 8.36. The lowest BCUT2D eigenvalue weighted by molar-refractivity contribution is 0.0958. The number of rotatable bonds is 4. The van der Waals surface area contributed by atoms with E-state index < -0.39 is 0 Å². The van der Waals surface area contributed by atoms with Gasteiger partial charge < -0.3 is 16.0 Å². The summed E-state index contributed by atoms with van der Waals surface area (Å²) in [5.74, 6) is 0.758. The van der Waals surface area contributed by atoms with Crippen LogP contribution in [-0.4, -0.2) is 25.5 Å². The Labute approximate surface area is 125 Å². The molecule has 0 aromatic carbocycles. The molecule has 1 saturated heterocycles. The average Bonchev–Trinajstić information content (AvgIpc) is 2.68. The monoisotopic (exact) mass is 295 g/mol. The quantitative estimate of drug-likeness (QED) is 0.897. The molecular formula is C15H25N3OS. The molecule has 1 aliphatic heterocycles. The van der Waals surface area contributed by atoms with E-state index in [4.69, 9.17) is 5.73 Å². The lowest BCUT2D eigenvalue weighted by atomic mass is 10.0. The van der Waals surface area contributed by atoms with Gasteiger partial charge in [0.2, 0.25) is 0 Å². The van der Waals surface area contributed by atoms with Crippen molar-refractivity contribution in [2.45, 2.75) is 39.5 Å². The molecule has 2 rings (SSSR count). The van der Waals surface area contributed by atoms with Crippen LogP contribution >= 0.6 is 11.3 Å². The molecule has 1 amide bonds. The van der Waals surface area contributed by atoms with E-state index in [1.165, 1.54) is 30.6 Å². The zero-order valence-corrected chi connectivity index (χ0v) is 13.3. The molecule has 1 aliphatic rings. The minimum Gasteiger partial charge on any atom is -0.397 e. The van der Waals surface area contributed by atoms with Crippen molar-refractivity contribution in [2.75, 3.05) is 30.3 Å². The number of carbonyl (C=O) groups excluding carboxylic acids is 1. The highest BCUT2D eigenvalue weighted by Crippen LogP contribution is 2.34. The second-order valence-corrected chi connectivity index (χ2v) is 6.68. The van der Waals surface area contributed by atoms with Crippen molar-refractivity contribution < 1.29 is 4.79 Å². The Balaban J connectivity index is 2.08. The number of amides is 1. The third-order valence-corrected chi connectivity index (χ3v) is 5.03. The Morgan fingerprint density at radius 1 is 1.50 bits per heavy atom. The van der Waals surface area contributed by atoms with Crippen LogP contribution in [0.4, 0.5) is 10.7 Å². The van der Waals surface area contributed by atoms with Crippen LogP contribution in [-0.2, 0) is 0 Å². The Bertz CT molecular complexity index is 458. The number of nitrogens with zero attached hydrogens (tertiary/aromatic N) is 1.